The summed E-state index contributed by atoms with van der Waals surface area (Å²) >= 11 is 9.61. The predicted molar refractivity (Wildman–Crippen MR) is 60.6 cm³/mol. The molecule has 76 valence electrons. The van der Waals surface area contributed by atoms with E-state index in [0.29, 0.717) is 11.3 Å². The van der Waals surface area contributed by atoms with E-state index in [1.807, 2.05) is 0 Å². The molecule has 0 saturated carbocycles. The average Bonchev–Trinajstić information content (AvgIpc) is 2.13. The number of hydrogen-bond donors (Lipinski definition) is 2. The van der Waals surface area contributed by atoms with Gasteiger partial charge in [0.1, 0.15) is 11.6 Å². The number of phenols is 1. The van der Waals surface area contributed by atoms with Crippen molar-refractivity contribution in [1.29, 1.82) is 0 Å². The first-order valence-electron chi connectivity index (χ1n) is 4.10. The van der Waals surface area contributed by atoms with E-state index >= 15 is 0 Å². The number of thiol groups is 1. The maximum Gasteiger partial charge on any atom is 0.141 e. The molecule has 4 heteroatoms. The zero-order valence-electron chi connectivity index (χ0n) is 7.37. The van der Waals surface area contributed by atoms with Crippen LogP contribution in [0.3, 0.4) is 0 Å². The van der Waals surface area contributed by atoms with Crippen molar-refractivity contribution in [2.45, 2.75) is 6.42 Å². The van der Waals surface area contributed by atoms with Crippen molar-refractivity contribution >= 4 is 30.3 Å². The summed E-state index contributed by atoms with van der Waals surface area (Å²) in [7, 11) is 0. The fraction of sp³-hybridized carbons (Fsp3) is 0.200. The van der Waals surface area contributed by atoms with Gasteiger partial charge in [0.25, 0.3) is 0 Å². The molecule has 1 rings (SSSR count). The highest BCUT2D eigenvalue weighted by Crippen LogP contribution is 2.29. The first-order chi connectivity index (χ1) is 6.65. The van der Waals surface area contributed by atoms with Crippen LogP contribution in [0.25, 0.3) is 6.08 Å². The lowest BCUT2D eigenvalue weighted by Gasteiger charge is -2.01. The van der Waals surface area contributed by atoms with Crippen LogP contribution in [0, 0.1) is 5.82 Å². The van der Waals surface area contributed by atoms with E-state index in [-0.39, 0.29) is 10.8 Å². The SMILES string of the molecule is Oc1c(Cl)cc(F)cc1C=CCCS. The second-order valence-electron chi connectivity index (χ2n) is 2.74. The molecule has 0 radical (unpaired) electrons. The summed E-state index contributed by atoms with van der Waals surface area (Å²) in [5, 5.41) is 9.48. The molecule has 1 nitrogen and oxygen atoms in total. The second-order valence-corrected chi connectivity index (χ2v) is 3.59. The molecule has 0 aromatic heterocycles. The number of rotatable bonds is 3. The topological polar surface area (TPSA) is 20.2 Å². The van der Waals surface area contributed by atoms with Gasteiger partial charge >= 0.3 is 0 Å². The molecule has 14 heavy (non-hydrogen) atoms. The van der Waals surface area contributed by atoms with Gasteiger partial charge in [-0.05, 0) is 24.3 Å². The van der Waals surface area contributed by atoms with Crippen LogP contribution in [0.15, 0.2) is 18.2 Å². The molecule has 0 unspecified atom stereocenters. The number of allylic oxidation sites excluding steroid dienone is 1. The highest BCUT2D eigenvalue weighted by molar-refractivity contribution is 7.80. The average molecular weight is 233 g/mol. The van der Waals surface area contributed by atoms with Crippen LogP contribution in [0.2, 0.25) is 5.02 Å². The number of halogens is 2. The smallest absolute Gasteiger partial charge is 0.141 e. The molecule has 1 aromatic rings. The number of benzene rings is 1. The molecular weight excluding hydrogens is 223 g/mol. The van der Waals surface area contributed by atoms with Crippen LogP contribution in [0.1, 0.15) is 12.0 Å². The van der Waals surface area contributed by atoms with Crippen molar-refractivity contribution in [3.8, 4) is 5.75 Å². The van der Waals surface area contributed by atoms with E-state index in [1.54, 1.807) is 12.2 Å². The van der Waals surface area contributed by atoms with Crippen LogP contribution in [0.4, 0.5) is 4.39 Å². The summed E-state index contributed by atoms with van der Waals surface area (Å²) in [6, 6.07) is 2.31. The van der Waals surface area contributed by atoms with Gasteiger partial charge in [-0.2, -0.15) is 12.6 Å². The molecule has 0 fully saturated rings. The van der Waals surface area contributed by atoms with Crippen molar-refractivity contribution in [2.24, 2.45) is 0 Å². The minimum absolute atomic E-state index is 0.0236. The molecule has 0 saturated heterocycles. The highest BCUT2D eigenvalue weighted by atomic mass is 35.5. The quantitative estimate of drug-likeness (QED) is 0.765. The summed E-state index contributed by atoms with van der Waals surface area (Å²) in [5.74, 6) is 0.155. The first-order valence-corrected chi connectivity index (χ1v) is 5.11. The van der Waals surface area contributed by atoms with Crippen LogP contribution >= 0.6 is 24.2 Å². The van der Waals surface area contributed by atoms with Crippen LogP contribution in [-0.4, -0.2) is 10.9 Å². The Kier molecular flexibility index (Phi) is 4.29. The molecule has 0 amide bonds. The van der Waals surface area contributed by atoms with E-state index in [2.05, 4.69) is 12.6 Å². The predicted octanol–water partition coefficient (Wildman–Crippen LogP) is 3.52. The Bertz CT molecular complexity index is 352. The third-order valence-corrected chi connectivity index (χ3v) is 2.20. The lowest BCUT2D eigenvalue weighted by molar-refractivity contribution is 0.472. The van der Waals surface area contributed by atoms with Gasteiger partial charge in [0.2, 0.25) is 0 Å². The number of aromatic hydroxyl groups is 1. The van der Waals surface area contributed by atoms with Gasteiger partial charge in [0, 0.05) is 5.56 Å². The molecule has 0 spiro atoms. The maximum atomic E-state index is 12.9. The second kappa shape index (κ2) is 5.27. The third-order valence-electron chi connectivity index (χ3n) is 1.65. The Hall–Kier alpha value is -0.670. The fourth-order valence-electron chi connectivity index (χ4n) is 0.998. The summed E-state index contributed by atoms with van der Waals surface area (Å²) in [6.45, 7) is 0. The summed E-state index contributed by atoms with van der Waals surface area (Å²) in [6.07, 6.45) is 4.19. The Labute approximate surface area is 92.6 Å². The summed E-state index contributed by atoms with van der Waals surface area (Å²) in [5.41, 5.74) is 0.386. The highest BCUT2D eigenvalue weighted by Gasteiger charge is 2.05. The largest absolute Gasteiger partial charge is 0.506 e. The Morgan fingerprint density at radius 2 is 2.21 bits per heavy atom. The van der Waals surface area contributed by atoms with E-state index in [0.717, 1.165) is 12.5 Å². The third kappa shape index (κ3) is 2.93. The molecule has 1 aromatic carbocycles. The van der Waals surface area contributed by atoms with Gasteiger partial charge in [-0.25, -0.2) is 4.39 Å². The number of phenolic OH excluding ortho intramolecular Hbond substituents is 1. The first kappa shape index (κ1) is 11.4. The lowest BCUT2D eigenvalue weighted by atomic mass is 10.1. The molecule has 0 aliphatic rings. The van der Waals surface area contributed by atoms with E-state index in [1.165, 1.54) is 6.07 Å². The zero-order valence-corrected chi connectivity index (χ0v) is 9.02. The van der Waals surface area contributed by atoms with Gasteiger partial charge < -0.3 is 5.11 Å². The normalized spacial score (nSPS) is 11.1. The zero-order chi connectivity index (χ0) is 10.6. The monoisotopic (exact) mass is 232 g/mol. The van der Waals surface area contributed by atoms with Crippen molar-refractivity contribution < 1.29 is 9.50 Å². The maximum absolute atomic E-state index is 12.9. The van der Waals surface area contributed by atoms with Gasteiger partial charge in [-0.15, -0.1) is 0 Å². The molecule has 0 heterocycles. The molecule has 0 aliphatic heterocycles. The van der Waals surface area contributed by atoms with Gasteiger partial charge in [-0.1, -0.05) is 23.8 Å². The Morgan fingerprint density at radius 3 is 2.86 bits per heavy atom. The van der Waals surface area contributed by atoms with Crippen molar-refractivity contribution in [3.63, 3.8) is 0 Å². The van der Waals surface area contributed by atoms with Crippen molar-refractivity contribution in [3.05, 3.63) is 34.6 Å². The Morgan fingerprint density at radius 1 is 1.50 bits per heavy atom. The molecular formula is C10H10ClFOS. The minimum atomic E-state index is -0.460. The van der Waals surface area contributed by atoms with E-state index in [9.17, 15) is 9.50 Å². The van der Waals surface area contributed by atoms with Gasteiger partial charge in [-0.3, -0.25) is 0 Å². The van der Waals surface area contributed by atoms with Gasteiger partial charge in [0.05, 0.1) is 5.02 Å². The van der Waals surface area contributed by atoms with Crippen LogP contribution < -0.4 is 0 Å². The van der Waals surface area contributed by atoms with E-state index < -0.39 is 5.82 Å². The molecule has 1 N–H and O–H groups in total. The van der Waals surface area contributed by atoms with Crippen LogP contribution in [0.5, 0.6) is 5.75 Å². The van der Waals surface area contributed by atoms with Crippen molar-refractivity contribution in [1.82, 2.24) is 0 Å². The standard InChI is InChI=1S/C10H10ClFOS/c11-9-6-8(12)5-7(10(9)13)3-1-2-4-14/h1,3,5-6,13-14H,2,4H2. The summed E-state index contributed by atoms with van der Waals surface area (Å²) in [4.78, 5) is 0. The molecule has 0 aliphatic carbocycles. The van der Waals surface area contributed by atoms with Crippen molar-refractivity contribution in [2.75, 3.05) is 5.75 Å². The van der Waals surface area contributed by atoms with Gasteiger partial charge in [0.15, 0.2) is 0 Å². The molecule has 0 bridgehead atoms. The van der Waals surface area contributed by atoms with E-state index in [4.69, 9.17) is 11.6 Å². The number of hydrogen-bond acceptors (Lipinski definition) is 2. The van der Waals surface area contributed by atoms with Crippen LogP contribution in [-0.2, 0) is 0 Å². The lowest BCUT2D eigenvalue weighted by Crippen LogP contribution is -1.81. The summed E-state index contributed by atoms with van der Waals surface area (Å²) < 4.78 is 12.9. The Balaban J connectivity index is 2.96. The molecule has 0 atom stereocenters. The minimum Gasteiger partial charge on any atom is -0.506 e. The fourth-order valence-corrected chi connectivity index (χ4v) is 1.36.